The molecular weight excluding hydrogens is 300 g/mol. The Morgan fingerprint density at radius 3 is 2.18 bits per heavy atom. The van der Waals surface area contributed by atoms with E-state index in [-0.39, 0.29) is 10.6 Å². The lowest BCUT2D eigenvalue weighted by Gasteiger charge is -2.13. The summed E-state index contributed by atoms with van der Waals surface area (Å²) in [6, 6.07) is 11.4. The molecule has 0 radical (unpaired) electrons. The quantitative estimate of drug-likeness (QED) is 0.911. The Bertz CT molecular complexity index is 814. The molecular formula is C16H18N2O3S. The molecule has 0 heterocycles. The van der Waals surface area contributed by atoms with Crippen molar-refractivity contribution in [2.24, 2.45) is 0 Å². The fourth-order valence-corrected chi connectivity index (χ4v) is 2.90. The summed E-state index contributed by atoms with van der Waals surface area (Å²) in [7, 11) is -3.41. The third-order valence-electron chi connectivity index (χ3n) is 3.39. The molecule has 0 atom stereocenters. The van der Waals surface area contributed by atoms with Crippen LogP contribution in [0.2, 0.25) is 0 Å². The average Bonchev–Trinajstić information content (AvgIpc) is 2.43. The number of rotatable bonds is 3. The van der Waals surface area contributed by atoms with Crippen molar-refractivity contribution >= 4 is 27.2 Å². The van der Waals surface area contributed by atoms with Crippen LogP contribution in [0.15, 0.2) is 47.4 Å². The van der Waals surface area contributed by atoms with E-state index in [1.54, 1.807) is 24.3 Å². The molecule has 2 rings (SSSR count). The summed E-state index contributed by atoms with van der Waals surface area (Å²) in [4.78, 5) is 12.2. The standard InChI is InChI=1S/C16H18N2O3S/c1-11-7-6-9-13(12(11)2)17-16(19)18-14-8-4-5-10-15(14)22(3,20)21/h4-10H,1-3H3,(H2,17,18,19). The predicted molar refractivity (Wildman–Crippen MR) is 88.1 cm³/mol. The molecule has 0 bridgehead atoms. The number of urea groups is 1. The van der Waals surface area contributed by atoms with Crippen LogP contribution >= 0.6 is 0 Å². The van der Waals surface area contributed by atoms with Crippen LogP contribution in [0.3, 0.4) is 0 Å². The van der Waals surface area contributed by atoms with Crippen LogP contribution in [-0.4, -0.2) is 20.7 Å². The number of hydrogen-bond acceptors (Lipinski definition) is 3. The van der Waals surface area contributed by atoms with Gasteiger partial charge in [0.25, 0.3) is 0 Å². The Hall–Kier alpha value is -2.34. The molecule has 0 aliphatic carbocycles. The highest BCUT2D eigenvalue weighted by Gasteiger charge is 2.14. The molecule has 0 fully saturated rings. The van der Waals surface area contributed by atoms with Gasteiger partial charge in [-0.15, -0.1) is 0 Å². The monoisotopic (exact) mass is 318 g/mol. The number of para-hydroxylation sites is 1. The van der Waals surface area contributed by atoms with E-state index in [4.69, 9.17) is 0 Å². The minimum absolute atomic E-state index is 0.0890. The van der Waals surface area contributed by atoms with Crippen molar-refractivity contribution in [2.75, 3.05) is 16.9 Å². The first-order valence-corrected chi connectivity index (χ1v) is 8.61. The maximum atomic E-state index is 12.1. The summed E-state index contributed by atoms with van der Waals surface area (Å²) in [6.45, 7) is 3.87. The van der Waals surface area contributed by atoms with Crippen LogP contribution in [0.25, 0.3) is 0 Å². The van der Waals surface area contributed by atoms with Crippen molar-refractivity contribution in [1.29, 1.82) is 0 Å². The van der Waals surface area contributed by atoms with Crippen molar-refractivity contribution < 1.29 is 13.2 Å². The van der Waals surface area contributed by atoms with Gasteiger partial charge in [-0.05, 0) is 43.2 Å². The molecule has 6 heteroatoms. The summed E-state index contributed by atoms with van der Waals surface area (Å²) in [5.74, 6) is 0. The summed E-state index contributed by atoms with van der Waals surface area (Å²) in [5, 5.41) is 5.32. The van der Waals surface area contributed by atoms with Gasteiger partial charge in [-0.3, -0.25) is 0 Å². The van der Waals surface area contributed by atoms with Crippen molar-refractivity contribution in [3.63, 3.8) is 0 Å². The number of carbonyl (C=O) groups is 1. The molecule has 2 amide bonds. The van der Waals surface area contributed by atoms with E-state index in [1.807, 2.05) is 26.0 Å². The van der Waals surface area contributed by atoms with Gasteiger partial charge in [-0.1, -0.05) is 24.3 Å². The molecule has 22 heavy (non-hydrogen) atoms. The topological polar surface area (TPSA) is 75.3 Å². The fourth-order valence-electron chi connectivity index (χ4n) is 2.06. The first kappa shape index (κ1) is 16.0. The van der Waals surface area contributed by atoms with E-state index in [0.29, 0.717) is 5.69 Å². The molecule has 2 aromatic carbocycles. The number of hydrogen-bond donors (Lipinski definition) is 2. The number of carbonyl (C=O) groups excluding carboxylic acids is 1. The highest BCUT2D eigenvalue weighted by Crippen LogP contribution is 2.22. The first-order valence-electron chi connectivity index (χ1n) is 6.72. The summed E-state index contributed by atoms with van der Waals surface area (Å²) in [5.41, 5.74) is 2.98. The average molecular weight is 318 g/mol. The van der Waals surface area contributed by atoms with E-state index >= 15 is 0 Å². The SMILES string of the molecule is Cc1cccc(NC(=O)Nc2ccccc2S(C)(=O)=O)c1C. The maximum Gasteiger partial charge on any atom is 0.323 e. The minimum atomic E-state index is -3.41. The molecule has 0 saturated carbocycles. The van der Waals surface area contributed by atoms with Gasteiger partial charge in [0.05, 0.1) is 10.6 Å². The third-order valence-corrected chi connectivity index (χ3v) is 4.54. The van der Waals surface area contributed by atoms with Crippen LogP contribution in [0.4, 0.5) is 16.2 Å². The number of nitrogens with one attached hydrogen (secondary N) is 2. The molecule has 116 valence electrons. The van der Waals surface area contributed by atoms with E-state index in [2.05, 4.69) is 10.6 Å². The zero-order chi connectivity index (χ0) is 16.3. The Labute approximate surface area is 130 Å². The molecule has 2 N–H and O–H groups in total. The van der Waals surface area contributed by atoms with Crippen molar-refractivity contribution in [3.05, 3.63) is 53.6 Å². The molecule has 0 saturated heterocycles. The fraction of sp³-hybridized carbons (Fsp3) is 0.188. The van der Waals surface area contributed by atoms with Gasteiger partial charge in [0.15, 0.2) is 9.84 Å². The molecule has 0 aliphatic rings. The summed E-state index contributed by atoms with van der Waals surface area (Å²) in [6.07, 6.45) is 1.11. The van der Waals surface area contributed by atoms with Gasteiger partial charge in [-0.2, -0.15) is 0 Å². The largest absolute Gasteiger partial charge is 0.323 e. The van der Waals surface area contributed by atoms with Crippen LogP contribution in [0, 0.1) is 13.8 Å². The second kappa shape index (κ2) is 6.19. The second-order valence-electron chi connectivity index (χ2n) is 5.09. The summed E-state index contributed by atoms with van der Waals surface area (Å²) < 4.78 is 23.4. The number of benzene rings is 2. The maximum absolute atomic E-state index is 12.1. The number of sulfone groups is 1. The highest BCUT2D eigenvalue weighted by molar-refractivity contribution is 7.90. The molecule has 0 spiro atoms. The van der Waals surface area contributed by atoms with Crippen molar-refractivity contribution in [1.82, 2.24) is 0 Å². The van der Waals surface area contributed by atoms with Gasteiger partial charge in [0, 0.05) is 11.9 Å². The van der Waals surface area contributed by atoms with Crippen LogP contribution < -0.4 is 10.6 Å². The number of anilines is 2. The lowest BCUT2D eigenvalue weighted by Crippen LogP contribution is -2.21. The summed E-state index contributed by atoms with van der Waals surface area (Å²) >= 11 is 0. The first-order chi connectivity index (χ1) is 10.3. The van der Waals surface area contributed by atoms with Gasteiger partial charge in [-0.25, -0.2) is 13.2 Å². The van der Waals surface area contributed by atoms with Gasteiger partial charge in [0.1, 0.15) is 0 Å². The third kappa shape index (κ3) is 3.65. The smallest absolute Gasteiger partial charge is 0.307 e. The van der Waals surface area contributed by atoms with Gasteiger partial charge >= 0.3 is 6.03 Å². The van der Waals surface area contributed by atoms with E-state index in [0.717, 1.165) is 17.4 Å². The Balaban J connectivity index is 2.22. The Morgan fingerprint density at radius 2 is 1.50 bits per heavy atom. The zero-order valence-corrected chi connectivity index (χ0v) is 13.5. The van der Waals surface area contributed by atoms with E-state index < -0.39 is 15.9 Å². The van der Waals surface area contributed by atoms with Crippen molar-refractivity contribution in [3.8, 4) is 0 Å². The molecule has 0 unspecified atom stereocenters. The van der Waals surface area contributed by atoms with Gasteiger partial charge in [0.2, 0.25) is 0 Å². The molecule has 0 aliphatic heterocycles. The molecule has 2 aromatic rings. The van der Waals surface area contributed by atoms with E-state index in [1.165, 1.54) is 6.07 Å². The lowest BCUT2D eigenvalue weighted by atomic mass is 10.1. The highest BCUT2D eigenvalue weighted by atomic mass is 32.2. The van der Waals surface area contributed by atoms with Gasteiger partial charge < -0.3 is 10.6 Å². The zero-order valence-electron chi connectivity index (χ0n) is 12.7. The molecule has 0 aromatic heterocycles. The minimum Gasteiger partial charge on any atom is -0.307 e. The predicted octanol–water partition coefficient (Wildman–Crippen LogP) is 3.35. The lowest BCUT2D eigenvalue weighted by molar-refractivity contribution is 0.262. The Kier molecular flexibility index (Phi) is 4.51. The van der Waals surface area contributed by atoms with Crippen LogP contribution in [0.5, 0.6) is 0 Å². The number of amides is 2. The van der Waals surface area contributed by atoms with Crippen molar-refractivity contribution in [2.45, 2.75) is 18.7 Å². The van der Waals surface area contributed by atoms with E-state index in [9.17, 15) is 13.2 Å². The van der Waals surface area contributed by atoms with Crippen LogP contribution in [-0.2, 0) is 9.84 Å². The number of aryl methyl sites for hydroxylation is 1. The molecule has 5 nitrogen and oxygen atoms in total. The normalized spacial score (nSPS) is 11.0. The Morgan fingerprint density at radius 1 is 0.909 bits per heavy atom. The second-order valence-corrected chi connectivity index (χ2v) is 7.08. The van der Waals surface area contributed by atoms with Crippen LogP contribution in [0.1, 0.15) is 11.1 Å².